The van der Waals surface area contributed by atoms with Crippen LogP contribution in [0.3, 0.4) is 0 Å². The van der Waals surface area contributed by atoms with Gasteiger partial charge in [0.05, 0.1) is 6.10 Å². The second-order valence-corrected chi connectivity index (χ2v) is 5.33. The third kappa shape index (κ3) is 2.04. The Balaban J connectivity index is 1.65. The molecule has 1 N–H and O–H groups in total. The minimum Gasteiger partial charge on any atom is -0.456 e. The van der Waals surface area contributed by atoms with E-state index in [0.29, 0.717) is 6.10 Å². The lowest BCUT2D eigenvalue weighted by Gasteiger charge is -2.11. The van der Waals surface area contributed by atoms with Gasteiger partial charge in [0.15, 0.2) is 0 Å². The highest BCUT2D eigenvalue weighted by atomic mass is 16.5. The van der Waals surface area contributed by atoms with Crippen molar-refractivity contribution in [3.05, 3.63) is 42.5 Å². The van der Waals surface area contributed by atoms with Gasteiger partial charge < -0.3 is 14.5 Å². The second kappa shape index (κ2) is 4.84. The summed E-state index contributed by atoms with van der Waals surface area (Å²) < 4.78 is 11.5. The van der Waals surface area contributed by atoms with E-state index in [0.717, 1.165) is 41.8 Å². The number of hydrogen-bond donors (Lipinski definition) is 1. The summed E-state index contributed by atoms with van der Waals surface area (Å²) in [6.07, 6.45) is 2.69. The lowest BCUT2D eigenvalue weighted by atomic mass is 10.1. The zero-order chi connectivity index (χ0) is 13.4. The number of benzene rings is 2. The van der Waals surface area contributed by atoms with Crippen LogP contribution < -0.4 is 5.32 Å². The molecule has 1 saturated heterocycles. The maximum Gasteiger partial charge on any atom is 0.135 e. The van der Waals surface area contributed by atoms with Crippen LogP contribution in [0.2, 0.25) is 0 Å². The Hall–Kier alpha value is -2.00. The Bertz CT molecular complexity index is 741. The van der Waals surface area contributed by atoms with Crippen LogP contribution in [0.4, 0.5) is 5.69 Å². The number of fused-ring (bicyclic) bond motifs is 3. The Morgan fingerprint density at radius 2 is 1.95 bits per heavy atom. The quantitative estimate of drug-likeness (QED) is 0.773. The van der Waals surface area contributed by atoms with Crippen molar-refractivity contribution >= 4 is 27.6 Å². The third-order valence-corrected chi connectivity index (χ3v) is 3.93. The first-order valence-corrected chi connectivity index (χ1v) is 7.17. The van der Waals surface area contributed by atoms with Crippen LogP contribution in [0.15, 0.2) is 46.9 Å². The molecule has 3 aromatic rings. The van der Waals surface area contributed by atoms with E-state index in [1.807, 2.05) is 24.3 Å². The summed E-state index contributed by atoms with van der Waals surface area (Å²) in [5, 5.41) is 5.80. The van der Waals surface area contributed by atoms with E-state index in [1.165, 1.54) is 11.8 Å². The number of hydrogen-bond acceptors (Lipinski definition) is 3. The third-order valence-electron chi connectivity index (χ3n) is 3.93. The molecule has 3 nitrogen and oxygen atoms in total. The number of furan rings is 1. The predicted octanol–water partition coefficient (Wildman–Crippen LogP) is 4.18. The molecule has 1 aromatic heterocycles. The number of anilines is 1. The summed E-state index contributed by atoms with van der Waals surface area (Å²) >= 11 is 0. The fourth-order valence-electron chi connectivity index (χ4n) is 2.87. The fourth-order valence-corrected chi connectivity index (χ4v) is 2.87. The molecule has 3 heteroatoms. The zero-order valence-corrected chi connectivity index (χ0v) is 11.3. The summed E-state index contributed by atoms with van der Waals surface area (Å²) in [5.41, 5.74) is 3.01. The van der Waals surface area contributed by atoms with Gasteiger partial charge >= 0.3 is 0 Å². The van der Waals surface area contributed by atoms with Gasteiger partial charge in [0.25, 0.3) is 0 Å². The molecular formula is C17H17NO2. The van der Waals surface area contributed by atoms with E-state index >= 15 is 0 Å². The summed E-state index contributed by atoms with van der Waals surface area (Å²) in [6, 6.07) is 14.4. The fraction of sp³-hybridized carbons (Fsp3) is 0.294. The molecule has 102 valence electrons. The van der Waals surface area contributed by atoms with Gasteiger partial charge in [-0.2, -0.15) is 0 Å². The molecule has 0 aliphatic carbocycles. The standard InChI is InChI=1S/C17H17NO2/c1-2-6-16-14(5-1)15-10-12(7-8-17(15)20-16)18-11-13-4-3-9-19-13/h1-2,5-8,10,13,18H,3-4,9,11H2. The topological polar surface area (TPSA) is 34.4 Å². The van der Waals surface area contributed by atoms with E-state index in [9.17, 15) is 0 Å². The highest BCUT2D eigenvalue weighted by Crippen LogP contribution is 2.30. The van der Waals surface area contributed by atoms with Crippen molar-refractivity contribution in [3.63, 3.8) is 0 Å². The van der Waals surface area contributed by atoms with Crippen LogP contribution in [-0.2, 0) is 4.74 Å². The largest absolute Gasteiger partial charge is 0.456 e. The Kier molecular flexibility index (Phi) is 2.85. The zero-order valence-electron chi connectivity index (χ0n) is 11.3. The second-order valence-electron chi connectivity index (χ2n) is 5.33. The predicted molar refractivity (Wildman–Crippen MR) is 81.2 cm³/mol. The molecule has 1 aliphatic rings. The molecule has 0 radical (unpaired) electrons. The van der Waals surface area contributed by atoms with Gasteiger partial charge in [-0.3, -0.25) is 0 Å². The molecule has 0 spiro atoms. The van der Waals surface area contributed by atoms with Crippen molar-refractivity contribution in [1.29, 1.82) is 0 Å². The van der Waals surface area contributed by atoms with Crippen LogP contribution >= 0.6 is 0 Å². The highest BCUT2D eigenvalue weighted by molar-refractivity contribution is 6.05. The Morgan fingerprint density at radius 3 is 2.85 bits per heavy atom. The first-order valence-electron chi connectivity index (χ1n) is 7.17. The minimum atomic E-state index is 0.354. The van der Waals surface area contributed by atoms with E-state index in [2.05, 4.69) is 23.5 Å². The summed E-state index contributed by atoms with van der Waals surface area (Å²) in [5.74, 6) is 0. The highest BCUT2D eigenvalue weighted by Gasteiger charge is 2.15. The SMILES string of the molecule is c1ccc2c(c1)oc1ccc(NCC3CCCO3)cc12. The van der Waals surface area contributed by atoms with Crippen molar-refractivity contribution < 1.29 is 9.15 Å². The molecule has 0 saturated carbocycles. The first-order chi connectivity index (χ1) is 9.90. The van der Waals surface area contributed by atoms with Gasteiger partial charge in [-0.25, -0.2) is 0 Å². The van der Waals surface area contributed by atoms with Crippen LogP contribution in [0.1, 0.15) is 12.8 Å². The normalized spacial score (nSPS) is 18.9. The Labute approximate surface area is 117 Å². The lowest BCUT2D eigenvalue weighted by Crippen LogP contribution is -2.18. The molecule has 0 bridgehead atoms. The van der Waals surface area contributed by atoms with Gasteiger partial charge in [0, 0.05) is 29.6 Å². The summed E-state index contributed by atoms with van der Waals surface area (Å²) in [7, 11) is 0. The first kappa shape index (κ1) is 11.8. The monoisotopic (exact) mass is 267 g/mol. The van der Waals surface area contributed by atoms with Gasteiger partial charge in [0.1, 0.15) is 11.2 Å². The van der Waals surface area contributed by atoms with Crippen molar-refractivity contribution in [2.75, 3.05) is 18.5 Å². The average Bonchev–Trinajstić information content (AvgIpc) is 3.12. The van der Waals surface area contributed by atoms with Gasteiger partial charge in [0.2, 0.25) is 0 Å². The van der Waals surface area contributed by atoms with Crippen LogP contribution in [0, 0.1) is 0 Å². The number of nitrogens with one attached hydrogen (secondary N) is 1. The van der Waals surface area contributed by atoms with Crippen LogP contribution in [-0.4, -0.2) is 19.3 Å². The van der Waals surface area contributed by atoms with Crippen LogP contribution in [0.25, 0.3) is 21.9 Å². The molecule has 20 heavy (non-hydrogen) atoms. The molecule has 2 aromatic carbocycles. The van der Waals surface area contributed by atoms with E-state index in [4.69, 9.17) is 9.15 Å². The maximum atomic E-state index is 5.83. The molecule has 2 heterocycles. The van der Waals surface area contributed by atoms with Crippen molar-refractivity contribution in [1.82, 2.24) is 0 Å². The molecular weight excluding hydrogens is 250 g/mol. The molecule has 1 unspecified atom stereocenters. The molecule has 1 aliphatic heterocycles. The molecule has 1 fully saturated rings. The van der Waals surface area contributed by atoms with Gasteiger partial charge in [-0.15, -0.1) is 0 Å². The summed E-state index contributed by atoms with van der Waals surface area (Å²) in [4.78, 5) is 0. The van der Waals surface area contributed by atoms with Gasteiger partial charge in [-0.05, 0) is 37.1 Å². The maximum absolute atomic E-state index is 5.83. The molecule has 0 amide bonds. The van der Waals surface area contributed by atoms with Crippen molar-refractivity contribution in [2.24, 2.45) is 0 Å². The smallest absolute Gasteiger partial charge is 0.135 e. The van der Waals surface area contributed by atoms with E-state index in [-0.39, 0.29) is 0 Å². The van der Waals surface area contributed by atoms with Crippen molar-refractivity contribution in [2.45, 2.75) is 18.9 Å². The summed E-state index contributed by atoms with van der Waals surface area (Å²) in [6.45, 7) is 1.78. The van der Waals surface area contributed by atoms with E-state index < -0.39 is 0 Å². The Morgan fingerprint density at radius 1 is 1.05 bits per heavy atom. The van der Waals surface area contributed by atoms with E-state index in [1.54, 1.807) is 0 Å². The van der Waals surface area contributed by atoms with Crippen molar-refractivity contribution in [3.8, 4) is 0 Å². The number of ether oxygens (including phenoxy) is 1. The average molecular weight is 267 g/mol. The number of para-hydroxylation sites is 1. The lowest BCUT2D eigenvalue weighted by molar-refractivity contribution is 0.120. The number of rotatable bonds is 3. The minimum absolute atomic E-state index is 0.354. The van der Waals surface area contributed by atoms with Crippen LogP contribution in [0.5, 0.6) is 0 Å². The molecule has 1 atom stereocenters. The van der Waals surface area contributed by atoms with Gasteiger partial charge in [-0.1, -0.05) is 18.2 Å². The molecule has 4 rings (SSSR count).